The first-order chi connectivity index (χ1) is 11.1. The Morgan fingerprint density at radius 1 is 1.39 bits per heavy atom. The summed E-state index contributed by atoms with van der Waals surface area (Å²) >= 11 is 0. The van der Waals surface area contributed by atoms with Crippen LogP contribution in [-0.2, 0) is 4.74 Å². The van der Waals surface area contributed by atoms with E-state index in [0.29, 0.717) is 19.8 Å². The van der Waals surface area contributed by atoms with Gasteiger partial charge in [0.1, 0.15) is 0 Å². The van der Waals surface area contributed by atoms with Crippen LogP contribution in [0.2, 0.25) is 0 Å². The number of urea groups is 1. The van der Waals surface area contributed by atoms with E-state index >= 15 is 0 Å². The summed E-state index contributed by atoms with van der Waals surface area (Å²) in [6, 6.07) is 7.57. The zero-order chi connectivity index (χ0) is 16.4. The van der Waals surface area contributed by atoms with Crippen molar-refractivity contribution >= 4 is 11.7 Å². The molecule has 1 saturated heterocycles. The Bertz CT molecular complexity index is 691. The molecule has 1 fully saturated rings. The molecule has 2 N–H and O–H groups in total. The maximum absolute atomic E-state index is 12.7. The summed E-state index contributed by atoms with van der Waals surface area (Å²) in [6.45, 7) is 7.53. The molecular formula is C17H22N4O2. The van der Waals surface area contributed by atoms with Crippen molar-refractivity contribution in [1.82, 2.24) is 15.1 Å². The fourth-order valence-corrected chi connectivity index (χ4v) is 3.05. The Labute approximate surface area is 135 Å². The van der Waals surface area contributed by atoms with Crippen LogP contribution >= 0.6 is 0 Å². The van der Waals surface area contributed by atoms with E-state index in [-0.39, 0.29) is 12.1 Å². The van der Waals surface area contributed by atoms with Crippen LogP contribution in [-0.4, -0.2) is 40.9 Å². The highest BCUT2D eigenvalue weighted by molar-refractivity contribution is 5.89. The van der Waals surface area contributed by atoms with Gasteiger partial charge in [-0.1, -0.05) is 12.1 Å². The number of aromatic amines is 1. The summed E-state index contributed by atoms with van der Waals surface area (Å²) in [5, 5.41) is 10.2. The third kappa shape index (κ3) is 3.22. The van der Waals surface area contributed by atoms with Crippen molar-refractivity contribution in [3.05, 3.63) is 46.8 Å². The molecule has 6 heteroatoms. The largest absolute Gasteiger partial charge is 0.377 e. The van der Waals surface area contributed by atoms with Gasteiger partial charge in [0.25, 0.3) is 0 Å². The third-order valence-electron chi connectivity index (χ3n) is 4.18. The number of carbonyl (C=O) groups excluding carboxylic acids is 1. The van der Waals surface area contributed by atoms with Crippen LogP contribution in [0.25, 0.3) is 0 Å². The van der Waals surface area contributed by atoms with Gasteiger partial charge in [-0.2, -0.15) is 5.10 Å². The predicted molar refractivity (Wildman–Crippen MR) is 88.5 cm³/mol. The standard InChI is InChI=1S/C17H22N4O2/c1-11-5-4-6-14(9-11)18-17(22)21-7-8-23-10-15(21)16-12(2)19-20-13(16)3/h4-6,9,15H,7-8,10H2,1-3H3,(H,18,22)(H,19,20)/t15-/m0/s1. The zero-order valence-corrected chi connectivity index (χ0v) is 13.7. The number of hydrogen-bond donors (Lipinski definition) is 2. The molecule has 2 heterocycles. The minimum absolute atomic E-state index is 0.107. The van der Waals surface area contributed by atoms with Crippen LogP contribution in [0, 0.1) is 20.8 Å². The number of carbonyl (C=O) groups is 1. The quantitative estimate of drug-likeness (QED) is 0.895. The summed E-state index contributed by atoms with van der Waals surface area (Å²) in [4.78, 5) is 14.6. The van der Waals surface area contributed by atoms with Crippen LogP contribution in [0.3, 0.4) is 0 Å². The highest BCUT2D eigenvalue weighted by atomic mass is 16.5. The molecule has 122 valence electrons. The van der Waals surface area contributed by atoms with E-state index in [4.69, 9.17) is 4.74 Å². The van der Waals surface area contributed by atoms with Crippen molar-refractivity contribution in [2.75, 3.05) is 25.1 Å². The van der Waals surface area contributed by atoms with E-state index in [1.165, 1.54) is 0 Å². The molecule has 0 radical (unpaired) electrons. The fraction of sp³-hybridized carbons (Fsp3) is 0.412. The molecule has 1 aliphatic rings. The van der Waals surface area contributed by atoms with Crippen LogP contribution in [0.15, 0.2) is 24.3 Å². The van der Waals surface area contributed by atoms with E-state index < -0.39 is 0 Å². The lowest BCUT2D eigenvalue weighted by Gasteiger charge is -2.36. The van der Waals surface area contributed by atoms with Gasteiger partial charge in [0.15, 0.2) is 0 Å². The Morgan fingerprint density at radius 3 is 2.91 bits per heavy atom. The first-order valence-electron chi connectivity index (χ1n) is 7.80. The molecule has 1 aromatic carbocycles. The molecule has 6 nitrogen and oxygen atoms in total. The molecule has 1 atom stereocenters. The summed E-state index contributed by atoms with van der Waals surface area (Å²) in [5.41, 5.74) is 4.85. The summed E-state index contributed by atoms with van der Waals surface area (Å²) in [5.74, 6) is 0. The summed E-state index contributed by atoms with van der Waals surface area (Å²) in [7, 11) is 0. The van der Waals surface area contributed by atoms with Gasteiger partial charge in [-0.05, 0) is 38.5 Å². The molecule has 0 spiro atoms. The number of anilines is 1. The molecule has 23 heavy (non-hydrogen) atoms. The number of amides is 2. The van der Waals surface area contributed by atoms with Gasteiger partial charge in [0, 0.05) is 23.5 Å². The molecule has 0 aliphatic carbocycles. The molecule has 1 aromatic heterocycles. The van der Waals surface area contributed by atoms with Gasteiger partial charge in [-0.25, -0.2) is 4.79 Å². The van der Waals surface area contributed by atoms with Crippen molar-refractivity contribution in [2.24, 2.45) is 0 Å². The van der Waals surface area contributed by atoms with Crippen LogP contribution in [0.1, 0.15) is 28.6 Å². The topological polar surface area (TPSA) is 70.2 Å². The maximum atomic E-state index is 12.7. The van der Waals surface area contributed by atoms with E-state index in [0.717, 1.165) is 28.2 Å². The average Bonchev–Trinajstić information content (AvgIpc) is 2.86. The molecule has 0 bridgehead atoms. The fourth-order valence-electron chi connectivity index (χ4n) is 3.05. The first-order valence-corrected chi connectivity index (χ1v) is 7.80. The second-order valence-corrected chi connectivity index (χ2v) is 5.93. The number of nitrogens with zero attached hydrogens (tertiary/aromatic N) is 2. The zero-order valence-electron chi connectivity index (χ0n) is 13.7. The van der Waals surface area contributed by atoms with E-state index in [1.807, 2.05) is 49.9 Å². The Hall–Kier alpha value is -2.34. The molecule has 2 aromatic rings. The Kier molecular flexibility index (Phi) is 4.34. The number of H-pyrrole nitrogens is 1. The summed E-state index contributed by atoms with van der Waals surface area (Å²) in [6.07, 6.45) is 0. The lowest BCUT2D eigenvalue weighted by atomic mass is 10.0. The number of rotatable bonds is 2. The number of benzene rings is 1. The second kappa shape index (κ2) is 6.42. The number of ether oxygens (including phenoxy) is 1. The van der Waals surface area contributed by atoms with Crippen molar-refractivity contribution in [2.45, 2.75) is 26.8 Å². The predicted octanol–water partition coefficient (Wildman–Crippen LogP) is 2.94. The SMILES string of the molecule is Cc1cccc(NC(=O)N2CCOC[C@H]2c2c(C)n[nH]c2C)c1. The lowest BCUT2D eigenvalue weighted by molar-refractivity contribution is 0.0143. The highest BCUT2D eigenvalue weighted by Gasteiger charge is 2.31. The second-order valence-electron chi connectivity index (χ2n) is 5.93. The minimum atomic E-state index is -0.118. The normalized spacial score (nSPS) is 18.0. The van der Waals surface area contributed by atoms with Gasteiger partial charge in [0.2, 0.25) is 0 Å². The van der Waals surface area contributed by atoms with Crippen LogP contribution < -0.4 is 5.32 Å². The number of aryl methyl sites for hydroxylation is 3. The number of nitrogens with one attached hydrogen (secondary N) is 2. The van der Waals surface area contributed by atoms with Crippen LogP contribution in [0.4, 0.5) is 10.5 Å². The molecular weight excluding hydrogens is 292 g/mol. The summed E-state index contributed by atoms with van der Waals surface area (Å²) < 4.78 is 5.60. The van der Waals surface area contributed by atoms with Gasteiger partial charge in [-0.3, -0.25) is 5.10 Å². The first kappa shape index (κ1) is 15.6. The number of hydrogen-bond acceptors (Lipinski definition) is 3. The van der Waals surface area contributed by atoms with Crippen molar-refractivity contribution < 1.29 is 9.53 Å². The third-order valence-corrected chi connectivity index (χ3v) is 4.18. The maximum Gasteiger partial charge on any atom is 0.322 e. The van der Waals surface area contributed by atoms with E-state index in [9.17, 15) is 4.79 Å². The van der Waals surface area contributed by atoms with E-state index in [2.05, 4.69) is 15.5 Å². The molecule has 1 aliphatic heterocycles. The highest BCUT2D eigenvalue weighted by Crippen LogP contribution is 2.29. The van der Waals surface area contributed by atoms with Crippen molar-refractivity contribution in [1.29, 1.82) is 0 Å². The molecule has 0 unspecified atom stereocenters. The average molecular weight is 314 g/mol. The van der Waals surface area contributed by atoms with Crippen molar-refractivity contribution in [3.63, 3.8) is 0 Å². The van der Waals surface area contributed by atoms with Gasteiger partial charge < -0.3 is 15.0 Å². The van der Waals surface area contributed by atoms with E-state index in [1.54, 1.807) is 0 Å². The van der Waals surface area contributed by atoms with Gasteiger partial charge >= 0.3 is 6.03 Å². The van der Waals surface area contributed by atoms with Crippen molar-refractivity contribution in [3.8, 4) is 0 Å². The molecule has 3 rings (SSSR count). The smallest absolute Gasteiger partial charge is 0.322 e. The van der Waals surface area contributed by atoms with Gasteiger partial charge in [-0.15, -0.1) is 0 Å². The van der Waals surface area contributed by atoms with Gasteiger partial charge in [0.05, 0.1) is 24.9 Å². The number of morpholine rings is 1. The molecule has 0 saturated carbocycles. The Morgan fingerprint density at radius 2 is 2.22 bits per heavy atom. The minimum Gasteiger partial charge on any atom is -0.377 e. The lowest BCUT2D eigenvalue weighted by Crippen LogP contribution is -2.45. The Balaban J connectivity index is 1.82. The van der Waals surface area contributed by atoms with Crippen LogP contribution in [0.5, 0.6) is 0 Å². The monoisotopic (exact) mass is 314 g/mol. The molecule has 2 amide bonds. The number of aromatic nitrogens is 2.